The summed E-state index contributed by atoms with van der Waals surface area (Å²) in [7, 11) is 0. The first-order valence-electron chi connectivity index (χ1n) is 10.5. The number of alkyl halides is 3. The molecule has 3 aromatic rings. The van der Waals surface area contributed by atoms with Crippen molar-refractivity contribution in [3.8, 4) is 0 Å². The standard InChI is InChI=1S/C25H20ClF3N2O2S/c26-17-11-12-21(20(13-17)25(27,28)29)31-24(33)22(15-5-2-1-3-6-15)34-19-8-4-7-18(14-19)30-23(32)16-9-10-16/h1-8,11-14,16,22H,9-10H2,(H,30,32)(H,31,33). The van der Waals surface area contributed by atoms with Crippen molar-refractivity contribution in [2.45, 2.75) is 29.2 Å². The van der Waals surface area contributed by atoms with Gasteiger partial charge in [-0.05, 0) is 54.8 Å². The number of carbonyl (C=O) groups is 2. The Hall–Kier alpha value is -2.97. The second-order valence-electron chi connectivity index (χ2n) is 7.88. The fraction of sp³-hybridized carbons (Fsp3) is 0.200. The summed E-state index contributed by atoms with van der Waals surface area (Å²) in [6.07, 6.45) is -2.93. The van der Waals surface area contributed by atoms with E-state index in [0.29, 0.717) is 16.1 Å². The molecule has 176 valence electrons. The Balaban J connectivity index is 1.59. The van der Waals surface area contributed by atoms with Crippen LogP contribution in [0.4, 0.5) is 24.5 Å². The van der Waals surface area contributed by atoms with Gasteiger partial charge in [0.05, 0.1) is 11.3 Å². The summed E-state index contributed by atoms with van der Waals surface area (Å²) in [6, 6.07) is 19.0. The third-order valence-corrected chi connectivity index (χ3v) is 6.67. The lowest BCUT2D eigenvalue weighted by atomic mass is 10.1. The zero-order valence-electron chi connectivity index (χ0n) is 17.7. The normalized spacial score (nSPS) is 14.4. The molecular weight excluding hydrogens is 485 g/mol. The van der Waals surface area contributed by atoms with Gasteiger partial charge in [-0.15, -0.1) is 11.8 Å². The van der Waals surface area contributed by atoms with Crippen LogP contribution in [0.3, 0.4) is 0 Å². The molecule has 4 nitrogen and oxygen atoms in total. The van der Waals surface area contributed by atoms with E-state index in [4.69, 9.17) is 11.6 Å². The molecule has 1 aliphatic carbocycles. The second kappa shape index (κ2) is 10.1. The number of benzene rings is 3. The number of hydrogen-bond donors (Lipinski definition) is 2. The summed E-state index contributed by atoms with van der Waals surface area (Å²) < 4.78 is 40.5. The highest BCUT2D eigenvalue weighted by Crippen LogP contribution is 2.40. The van der Waals surface area contributed by atoms with E-state index in [1.807, 2.05) is 0 Å². The van der Waals surface area contributed by atoms with E-state index < -0.39 is 22.9 Å². The first kappa shape index (κ1) is 24.2. The van der Waals surface area contributed by atoms with Gasteiger partial charge in [0.1, 0.15) is 5.25 Å². The molecular formula is C25H20ClF3N2O2S. The topological polar surface area (TPSA) is 58.2 Å². The van der Waals surface area contributed by atoms with Gasteiger partial charge in [0.15, 0.2) is 0 Å². The zero-order valence-corrected chi connectivity index (χ0v) is 19.3. The average molecular weight is 505 g/mol. The van der Waals surface area contributed by atoms with Crippen LogP contribution in [0.1, 0.15) is 29.2 Å². The first-order chi connectivity index (χ1) is 16.2. The van der Waals surface area contributed by atoms with E-state index in [0.717, 1.165) is 25.0 Å². The van der Waals surface area contributed by atoms with Gasteiger partial charge in [0.2, 0.25) is 11.8 Å². The molecule has 1 atom stereocenters. The maximum atomic E-state index is 13.5. The van der Waals surface area contributed by atoms with E-state index in [-0.39, 0.29) is 22.5 Å². The van der Waals surface area contributed by atoms with Gasteiger partial charge in [-0.1, -0.05) is 48.0 Å². The van der Waals surface area contributed by atoms with Gasteiger partial charge in [0.25, 0.3) is 0 Å². The first-order valence-corrected chi connectivity index (χ1v) is 11.8. The molecule has 2 N–H and O–H groups in total. The number of anilines is 2. The highest BCUT2D eigenvalue weighted by atomic mass is 35.5. The Kier molecular flexibility index (Phi) is 7.19. The zero-order chi connectivity index (χ0) is 24.3. The summed E-state index contributed by atoms with van der Waals surface area (Å²) in [5.41, 5.74) is -0.157. The number of carbonyl (C=O) groups excluding carboxylic acids is 2. The lowest BCUT2D eigenvalue weighted by Gasteiger charge is -2.20. The molecule has 0 radical (unpaired) electrons. The van der Waals surface area contributed by atoms with Crippen molar-refractivity contribution in [3.05, 3.63) is 88.9 Å². The van der Waals surface area contributed by atoms with E-state index in [1.165, 1.54) is 17.8 Å². The molecule has 34 heavy (non-hydrogen) atoms. The van der Waals surface area contributed by atoms with Gasteiger partial charge in [-0.3, -0.25) is 9.59 Å². The van der Waals surface area contributed by atoms with Gasteiger partial charge in [0, 0.05) is 21.5 Å². The summed E-state index contributed by atoms with van der Waals surface area (Å²) in [5.74, 6) is -0.611. The minimum atomic E-state index is -4.68. The number of hydrogen-bond acceptors (Lipinski definition) is 3. The van der Waals surface area contributed by atoms with Crippen molar-refractivity contribution >= 4 is 46.6 Å². The van der Waals surface area contributed by atoms with Crippen LogP contribution in [-0.4, -0.2) is 11.8 Å². The highest BCUT2D eigenvalue weighted by molar-refractivity contribution is 8.00. The number of halogens is 4. The minimum absolute atomic E-state index is 0.0399. The number of rotatable bonds is 7. The molecule has 2 amide bonds. The molecule has 3 aromatic carbocycles. The van der Waals surface area contributed by atoms with E-state index in [9.17, 15) is 22.8 Å². The molecule has 1 aliphatic rings. The van der Waals surface area contributed by atoms with Crippen molar-refractivity contribution in [2.24, 2.45) is 5.92 Å². The van der Waals surface area contributed by atoms with E-state index in [2.05, 4.69) is 10.6 Å². The molecule has 0 aliphatic heterocycles. The predicted octanol–water partition coefficient (Wildman–Crippen LogP) is 7.18. The average Bonchev–Trinajstić information content (AvgIpc) is 3.64. The number of amides is 2. The second-order valence-corrected chi connectivity index (χ2v) is 9.49. The molecule has 4 rings (SSSR count). The lowest BCUT2D eigenvalue weighted by molar-refractivity contribution is -0.137. The van der Waals surface area contributed by atoms with Crippen LogP contribution in [0.25, 0.3) is 0 Å². The number of nitrogens with one attached hydrogen (secondary N) is 2. The van der Waals surface area contributed by atoms with Gasteiger partial charge in [-0.25, -0.2) is 0 Å². The molecule has 0 aromatic heterocycles. The SMILES string of the molecule is O=C(Nc1cccc(SC(C(=O)Nc2ccc(Cl)cc2C(F)(F)F)c2ccccc2)c1)C1CC1. The summed E-state index contributed by atoms with van der Waals surface area (Å²) in [4.78, 5) is 26.0. The maximum Gasteiger partial charge on any atom is 0.418 e. The highest BCUT2D eigenvalue weighted by Gasteiger charge is 2.35. The Morgan fingerprint density at radius 2 is 1.68 bits per heavy atom. The van der Waals surface area contributed by atoms with Crippen molar-refractivity contribution in [2.75, 3.05) is 10.6 Å². The van der Waals surface area contributed by atoms with Crippen LogP contribution in [0, 0.1) is 5.92 Å². The fourth-order valence-corrected chi connectivity index (χ4v) is 4.59. The van der Waals surface area contributed by atoms with Crippen LogP contribution >= 0.6 is 23.4 Å². The Morgan fingerprint density at radius 3 is 2.35 bits per heavy atom. The van der Waals surface area contributed by atoms with Crippen LogP contribution in [0.2, 0.25) is 5.02 Å². The monoisotopic (exact) mass is 504 g/mol. The molecule has 0 spiro atoms. The molecule has 1 saturated carbocycles. The smallest absolute Gasteiger partial charge is 0.326 e. The molecule has 0 heterocycles. The Morgan fingerprint density at radius 1 is 0.941 bits per heavy atom. The van der Waals surface area contributed by atoms with Crippen LogP contribution in [0.5, 0.6) is 0 Å². The Bertz CT molecular complexity index is 1200. The molecule has 0 bridgehead atoms. The van der Waals surface area contributed by atoms with E-state index in [1.54, 1.807) is 54.6 Å². The molecule has 1 unspecified atom stereocenters. The fourth-order valence-electron chi connectivity index (χ4n) is 3.33. The summed E-state index contributed by atoms with van der Waals surface area (Å²) in [6.45, 7) is 0. The van der Waals surface area contributed by atoms with Crippen molar-refractivity contribution in [3.63, 3.8) is 0 Å². The van der Waals surface area contributed by atoms with E-state index >= 15 is 0 Å². The van der Waals surface area contributed by atoms with Crippen molar-refractivity contribution in [1.82, 2.24) is 0 Å². The maximum absolute atomic E-state index is 13.5. The van der Waals surface area contributed by atoms with Gasteiger partial charge in [-0.2, -0.15) is 13.2 Å². The Labute approximate surface area is 203 Å². The van der Waals surface area contributed by atoms with Gasteiger partial charge >= 0.3 is 6.18 Å². The minimum Gasteiger partial charge on any atom is -0.326 e. The molecule has 1 fully saturated rings. The lowest BCUT2D eigenvalue weighted by Crippen LogP contribution is -2.21. The largest absolute Gasteiger partial charge is 0.418 e. The predicted molar refractivity (Wildman–Crippen MR) is 128 cm³/mol. The third kappa shape index (κ3) is 6.12. The number of thioether (sulfide) groups is 1. The van der Waals surface area contributed by atoms with Gasteiger partial charge < -0.3 is 10.6 Å². The quantitative estimate of drug-likeness (QED) is 0.335. The van der Waals surface area contributed by atoms with Crippen LogP contribution in [0.15, 0.2) is 77.7 Å². The molecule has 0 saturated heterocycles. The molecule has 9 heteroatoms. The summed E-state index contributed by atoms with van der Waals surface area (Å²) in [5, 5.41) is 4.37. The van der Waals surface area contributed by atoms with Crippen molar-refractivity contribution in [1.29, 1.82) is 0 Å². The third-order valence-electron chi connectivity index (χ3n) is 5.19. The van der Waals surface area contributed by atoms with Crippen molar-refractivity contribution < 1.29 is 22.8 Å². The summed E-state index contributed by atoms with van der Waals surface area (Å²) >= 11 is 6.93. The van der Waals surface area contributed by atoms with Crippen LogP contribution in [-0.2, 0) is 15.8 Å². The van der Waals surface area contributed by atoms with Crippen LogP contribution < -0.4 is 10.6 Å².